The molecular weight excluding hydrogens is 296 g/mol. The molecule has 0 aliphatic carbocycles. The van der Waals surface area contributed by atoms with Crippen LogP contribution in [0.3, 0.4) is 0 Å². The Bertz CT molecular complexity index is 865. The topological polar surface area (TPSA) is 37.3 Å². The second-order valence-electron chi connectivity index (χ2n) is 6.08. The standard InChI is InChI=1S/C22H20O2/c1-16(19-12-11-18-9-5-6-10-20(18)14-19)13-21(15-22(23)24)17-7-3-2-4-8-17/h2-12,14,21H,1,13,15H2,(H,23,24). The van der Waals surface area contributed by atoms with Gasteiger partial charge in [-0.05, 0) is 45.9 Å². The van der Waals surface area contributed by atoms with E-state index in [0.29, 0.717) is 6.42 Å². The lowest BCUT2D eigenvalue weighted by Crippen LogP contribution is -2.07. The molecule has 0 saturated heterocycles. The minimum absolute atomic E-state index is 0.0670. The van der Waals surface area contributed by atoms with E-state index in [2.05, 4.69) is 36.9 Å². The van der Waals surface area contributed by atoms with Crippen LogP contribution in [0.2, 0.25) is 0 Å². The van der Waals surface area contributed by atoms with Gasteiger partial charge in [-0.25, -0.2) is 0 Å². The van der Waals surface area contributed by atoms with Crippen molar-refractivity contribution in [1.29, 1.82) is 0 Å². The number of allylic oxidation sites excluding steroid dienone is 1. The van der Waals surface area contributed by atoms with Crippen LogP contribution >= 0.6 is 0 Å². The first-order valence-corrected chi connectivity index (χ1v) is 8.07. The van der Waals surface area contributed by atoms with Crippen LogP contribution in [-0.2, 0) is 4.79 Å². The summed E-state index contributed by atoms with van der Waals surface area (Å²) in [6, 6.07) is 24.3. The zero-order valence-electron chi connectivity index (χ0n) is 13.5. The van der Waals surface area contributed by atoms with Crippen molar-refractivity contribution in [1.82, 2.24) is 0 Å². The first-order chi connectivity index (χ1) is 11.6. The van der Waals surface area contributed by atoms with Gasteiger partial charge in [0.1, 0.15) is 0 Å². The average molecular weight is 316 g/mol. The molecule has 0 aromatic heterocycles. The van der Waals surface area contributed by atoms with Crippen molar-refractivity contribution >= 4 is 22.3 Å². The summed E-state index contributed by atoms with van der Waals surface area (Å²) in [4.78, 5) is 11.2. The molecule has 2 heteroatoms. The summed E-state index contributed by atoms with van der Waals surface area (Å²) in [5.41, 5.74) is 3.08. The molecule has 3 aromatic carbocycles. The molecule has 1 unspecified atom stereocenters. The fourth-order valence-corrected chi connectivity index (χ4v) is 3.07. The summed E-state index contributed by atoms with van der Waals surface area (Å²) in [7, 11) is 0. The van der Waals surface area contributed by atoms with E-state index in [4.69, 9.17) is 0 Å². The van der Waals surface area contributed by atoms with Crippen molar-refractivity contribution in [3.05, 3.63) is 90.5 Å². The van der Waals surface area contributed by atoms with Gasteiger partial charge in [-0.3, -0.25) is 4.79 Å². The minimum atomic E-state index is -0.782. The van der Waals surface area contributed by atoms with Gasteiger partial charge >= 0.3 is 5.97 Å². The lowest BCUT2D eigenvalue weighted by atomic mass is 9.87. The maximum absolute atomic E-state index is 11.2. The van der Waals surface area contributed by atoms with E-state index in [9.17, 15) is 9.90 Å². The van der Waals surface area contributed by atoms with Gasteiger partial charge in [0.2, 0.25) is 0 Å². The summed E-state index contributed by atoms with van der Waals surface area (Å²) in [5, 5.41) is 11.6. The number of aliphatic carboxylic acids is 1. The number of carboxylic acid groups (broad SMARTS) is 1. The zero-order chi connectivity index (χ0) is 16.9. The molecule has 1 atom stereocenters. The molecule has 120 valence electrons. The number of rotatable bonds is 6. The predicted octanol–water partition coefficient (Wildman–Crippen LogP) is 5.50. The molecule has 0 fully saturated rings. The van der Waals surface area contributed by atoms with Gasteiger partial charge in [0, 0.05) is 0 Å². The van der Waals surface area contributed by atoms with Crippen molar-refractivity contribution in [2.45, 2.75) is 18.8 Å². The van der Waals surface area contributed by atoms with Crippen molar-refractivity contribution in [3.63, 3.8) is 0 Å². The van der Waals surface area contributed by atoms with Crippen LogP contribution in [-0.4, -0.2) is 11.1 Å². The quantitative estimate of drug-likeness (QED) is 0.652. The maximum atomic E-state index is 11.2. The van der Waals surface area contributed by atoms with Crippen LogP contribution < -0.4 is 0 Å². The fourth-order valence-electron chi connectivity index (χ4n) is 3.07. The minimum Gasteiger partial charge on any atom is -0.481 e. The van der Waals surface area contributed by atoms with Crippen LogP contribution in [0, 0.1) is 0 Å². The van der Waals surface area contributed by atoms with E-state index in [1.165, 1.54) is 10.8 Å². The SMILES string of the molecule is C=C(CC(CC(=O)O)c1ccccc1)c1ccc2ccccc2c1. The summed E-state index contributed by atoms with van der Waals surface area (Å²) in [6.07, 6.45) is 0.741. The van der Waals surface area contributed by atoms with E-state index < -0.39 is 5.97 Å². The predicted molar refractivity (Wildman–Crippen MR) is 99.0 cm³/mol. The van der Waals surface area contributed by atoms with E-state index in [0.717, 1.165) is 16.7 Å². The van der Waals surface area contributed by atoms with Gasteiger partial charge < -0.3 is 5.11 Å². The molecule has 2 nitrogen and oxygen atoms in total. The highest BCUT2D eigenvalue weighted by Gasteiger charge is 2.17. The molecule has 0 spiro atoms. The maximum Gasteiger partial charge on any atom is 0.303 e. The Hall–Kier alpha value is -2.87. The fraction of sp³-hybridized carbons (Fsp3) is 0.136. The van der Waals surface area contributed by atoms with Gasteiger partial charge in [0.15, 0.2) is 0 Å². The third-order valence-electron chi connectivity index (χ3n) is 4.34. The van der Waals surface area contributed by atoms with Crippen LogP contribution in [0.1, 0.15) is 29.9 Å². The number of benzene rings is 3. The van der Waals surface area contributed by atoms with Crippen molar-refractivity contribution in [2.24, 2.45) is 0 Å². The summed E-state index contributed by atoms with van der Waals surface area (Å²) < 4.78 is 0. The molecule has 24 heavy (non-hydrogen) atoms. The lowest BCUT2D eigenvalue weighted by molar-refractivity contribution is -0.137. The monoisotopic (exact) mass is 316 g/mol. The van der Waals surface area contributed by atoms with Gasteiger partial charge in [0.05, 0.1) is 6.42 Å². The Balaban J connectivity index is 1.85. The Kier molecular flexibility index (Phi) is 4.76. The smallest absolute Gasteiger partial charge is 0.303 e. The molecule has 1 N–H and O–H groups in total. The Morgan fingerprint density at radius 1 is 0.875 bits per heavy atom. The summed E-state index contributed by atoms with van der Waals surface area (Å²) in [6.45, 7) is 4.21. The summed E-state index contributed by atoms with van der Waals surface area (Å²) >= 11 is 0. The van der Waals surface area contributed by atoms with Gasteiger partial charge in [-0.15, -0.1) is 0 Å². The molecule has 3 aromatic rings. The lowest BCUT2D eigenvalue weighted by Gasteiger charge is -2.17. The normalized spacial score (nSPS) is 12.0. The van der Waals surface area contributed by atoms with E-state index in [1.807, 2.05) is 42.5 Å². The molecule has 0 bridgehead atoms. The third-order valence-corrected chi connectivity index (χ3v) is 4.34. The molecule has 0 saturated carbocycles. The van der Waals surface area contributed by atoms with Crippen LogP contribution in [0.4, 0.5) is 0 Å². The van der Waals surface area contributed by atoms with Crippen molar-refractivity contribution < 1.29 is 9.90 Å². The van der Waals surface area contributed by atoms with Gasteiger partial charge in [-0.2, -0.15) is 0 Å². The highest BCUT2D eigenvalue weighted by atomic mass is 16.4. The first-order valence-electron chi connectivity index (χ1n) is 8.07. The van der Waals surface area contributed by atoms with E-state index in [-0.39, 0.29) is 12.3 Å². The number of carbonyl (C=O) groups is 1. The average Bonchev–Trinajstić information content (AvgIpc) is 2.61. The van der Waals surface area contributed by atoms with E-state index >= 15 is 0 Å². The number of fused-ring (bicyclic) bond motifs is 1. The highest BCUT2D eigenvalue weighted by Crippen LogP contribution is 2.31. The van der Waals surface area contributed by atoms with Gasteiger partial charge in [0.25, 0.3) is 0 Å². The largest absolute Gasteiger partial charge is 0.481 e. The second-order valence-corrected chi connectivity index (χ2v) is 6.08. The highest BCUT2D eigenvalue weighted by molar-refractivity contribution is 5.86. The van der Waals surface area contributed by atoms with Crippen molar-refractivity contribution in [2.75, 3.05) is 0 Å². The van der Waals surface area contributed by atoms with Crippen LogP contribution in [0.5, 0.6) is 0 Å². The van der Waals surface area contributed by atoms with Gasteiger partial charge in [-0.1, -0.05) is 73.3 Å². The third kappa shape index (κ3) is 3.72. The van der Waals surface area contributed by atoms with Crippen LogP contribution in [0.15, 0.2) is 79.4 Å². The number of hydrogen-bond acceptors (Lipinski definition) is 1. The van der Waals surface area contributed by atoms with E-state index in [1.54, 1.807) is 0 Å². The first kappa shape index (κ1) is 16.0. The van der Waals surface area contributed by atoms with Crippen molar-refractivity contribution in [3.8, 4) is 0 Å². The number of hydrogen-bond donors (Lipinski definition) is 1. The number of carboxylic acids is 1. The molecule has 0 amide bonds. The molecule has 0 heterocycles. The Morgan fingerprint density at radius 2 is 1.54 bits per heavy atom. The van der Waals surface area contributed by atoms with Crippen LogP contribution in [0.25, 0.3) is 16.3 Å². The molecule has 0 aliphatic rings. The molecule has 3 rings (SSSR count). The summed E-state index contributed by atoms with van der Waals surface area (Å²) in [5.74, 6) is -0.849. The zero-order valence-corrected chi connectivity index (χ0v) is 13.5. The molecular formula is C22H20O2. The Labute approximate surface area is 142 Å². The molecule has 0 radical (unpaired) electrons. The Morgan fingerprint density at radius 3 is 2.25 bits per heavy atom. The molecule has 0 aliphatic heterocycles. The second kappa shape index (κ2) is 7.14.